The van der Waals surface area contributed by atoms with Crippen LogP contribution in [0.4, 0.5) is 5.82 Å². The fourth-order valence-corrected chi connectivity index (χ4v) is 2.41. The lowest BCUT2D eigenvalue weighted by molar-refractivity contribution is 0.905. The average molecular weight is 260 g/mol. The quantitative estimate of drug-likeness (QED) is 0.572. The minimum Gasteiger partial charge on any atom is -0.382 e. The molecule has 0 atom stereocenters. The number of nitrogens with zero attached hydrogens (tertiary/aromatic N) is 3. The van der Waals surface area contributed by atoms with Crippen LogP contribution in [0, 0.1) is 0 Å². The van der Waals surface area contributed by atoms with Gasteiger partial charge in [-0.15, -0.1) is 5.10 Å². The number of hydrogen-bond donors (Lipinski definition) is 1. The molecule has 2 aromatic carbocycles. The highest BCUT2D eigenvalue weighted by Gasteiger charge is 2.11. The minimum atomic E-state index is 0.502. The molecule has 2 N–H and O–H groups in total. The van der Waals surface area contributed by atoms with E-state index in [0.717, 1.165) is 27.6 Å². The monoisotopic (exact) mass is 260 g/mol. The Balaban J connectivity index is 2.10. The molecule has 0 saturated carbocycles. The largest absolute Gasteiger partial charge is 0.382 e. The predicted octanol–water partition coefficient (Wildman–Crippen LogP) is 3.16. The summed E-state index contributed by atoms with van der Waals surface area (Å²) in [5.41, 5.74) is 8.72. The summed E-state index contributed by atoms with van der Waals surface area (Å²) < 4.78 is 1.79. The van der Waals surface area contributed by atoms with E-state index in [1.807, 2.05) is 60.7 Å². The summed E-state index contributed by atoms with van der Waals surface area (Å²) in [4.78, 5) is 4.70. The van der Waals surface area contributed by atoms with E-state index in [2.05, 4.69) is 5.10 Å². The highest BCUT2D eigenvalue weighted by molar-refractivity contribution is 5.97. The molecule has 0 fully saturated rings. The minimum absolute atomic E-state index is 0.502. The van der Waals surface area contributed by atoms with E-state index in [0.29, 0.717) is 5.82 Å². The number of fused-ring (bicyclic) bond motifs is 2. The molecule has 2 heterocycles. The molecule has 0 spiro atoms. The maximum Gasteiger partial charge on any atom is 0.165 e. The average Bonchev–Trinajstić information content (AvgIpc) is 2.83. The Morgan fingerprint density at radius 1 is 0.900 bits per heavy atom. The first-order valence-corrected chi connectivity index (χ1v) is 6.42. The van der Waals surface area contributed by atoms with Crippen molar-refractivity contribution in [2.24, 2.45) is 0 Å². The molecule has 2 aromatic heterocycles. The van der Waals surface area contributed by atoms with Gasteiger partial charge >= 0.3 is 0 Å². The zero-order valence-corrected chi connectivity index (χ0v) is 10.7. The summed E-state index contributed by atoms with van der Waals surface area (Å²) in [5, 5.41) is 6.37. The molecule has 4 heteroatoms. The van der Waals surface area contributed by atoms with Crippen LogP contribution < -0.4 is 5.73 Å². The van der Waals surface area contributed by atoms with Crippen molar-refractivity contribution in [3.05, 3.63) is 60.7 Å². The van der Waals surface area contributed by atoms with Crippen LogP contribution >= 0.6 is 0 Å². The zero-order chi connectivity index (χ0) is 13.5. The molecule has 0 radical (unpaired) electrons. The van der Waals surface area contributed by atoms with Crippen molar-refractivity contribution in [2.75, 3.05) is 5.73 Å². The van der Waals surface area contributed by atoms with Gasteiger partial charge in [-0.2, -0.15) is 0 Å². The lowest BCUT2D eigenvalue weighted by atomic mass is 10.2. The SMILES string of the molecule is Nc1nn(-c2ccccc2)c2nc3ccccc3cc12. The Morgan fingerprint density at radius 3 is 2.50 bits per heavy atom. The Hall–Kier alpha value is -2.88. The molecular formula is C16H12N4. The number of aromatic nitrogens is 3. The maximum absolute atomic E-state index is 6.03. The van der Waals surface area contributed by atoms with Crippen LogP contribution in [0.1, 0.15) is 0 Å². The molecule has 0 aliphatic heterocycles. The van der Waals surface area contributed by atoms with E-state index < -0.39 is 0 Å². The molecule has 4 rings (SSSR count). The van der Waals surface area contributed by atoms with Crippen molar-refractivity contribution >= 4 is 27.8 Å². The zero-order valence-electron chi connectivity index (χ0n) is 10.7. The van der Waals surface area contributed by atoms with Gasteiger partial charge in [0.25, 0.3) is 0 Å². The Labute approximate surface area is 115 Å². The Kier molecular flexibility index (Phi) is 2.23. The highest BCUT2D eigenvalue weighted by atomic mass is 15.3. The van der Waals surface area contributed by atoms with Gasteiger partial charge in [-0.1, -0.05) is 36.4 Å². The van der Waals surface area contributed by atoms with Crippen LogP contribution in [-0.4, -0.2) is 14.8 Å². The van der Waals surface area contributed by atoms with E-state index in [9.17, 15) is 0 Å². The Bertz CT molecular complexity index is 910. The lowest BCUT2D eigenvalue weighted by Gasteiger charge is -2.03. The summed E-state index contributed by atoms with van der Waals surface area (Å²) in [5.74, 6) is 0.502. The van der Waals surface area contributed by atoms with Crippen LogP contribution in [0.5, 0.6) is 0 Å². The maximum atomic E-state index is 6.03. The third-order valence-corrected chi connectivity index (χ3v) is 3.39. The van der Waals surface area contributed by atoms with E-state index >= 15 is 0 Å². The second kappa shape index (κ2) is 4.06. The fourth-order valence-electron chi connectivity index (χ4n) is 2.41. The van der Waals surface area contributed by atoms with E-state index in [1.165, 1.54) is 0 Å². The van der Waals surface area contributed by atoms with E-state index in [1.54, 1.807) is 4.68 Å². The molecule has 96 valence electrons. The molecule has 0 amide bonds. The smallest absolute Gasteiger partial charge is 0.165 e. The van der Waals surface area contributed by atoms with Crippen LogP contribution in [0.25, 0.3) is 27.6 Å². The van der Waals surface area contributed by atoms with Crippen LogP contribution in [0.15, 0.2) is 60.7 Å². The van der Waals surface area contributed by atoms with Crippen LogP contribution in [-0.2, 0) is 0 Å². The summed E-state index contributed by atoms with van der Waals surface area (Å²) in [6.07, 6.45) is 0. The van der Waals surface area contributed by atoms with Crippen LogP contribution in [0.2, 0.25) is 0 Å². The van der Waals surface area contributed by atoms with E-state index in [4.69, 9.17) is 10.7 Å². The second-order valence-electron chi connectivity index (χ2n) is 4.68. The van der Waals surface area contributed by atoms with Gasteiger partial charge in [-0.3, -0.25) is 0 Å². The summed E-state index contributed by atoms with van der Waals surface area (Å²) in [7, 11) is 0. The molecule has 0 bridgehead atoms. The summed E-state index contributed by atoms with van der Waals surface area (Å²) in [6.45, 7) is 0. The fraction of sp³-hybridized carbons (Fsp3) is 0. The van der Waals surface area contributed by atoms with Gasteiger partial charge in [0, 0.05) is 5.39 Å². The standard InChI is InChI=1S/C16H12N4/c17-15-13-10-11-6-4-5-9-14(11)18-16(13)20(19-15)12-7-2-1-3-8-12/h1-10H,(H2,17,19). The molecule has 4 nitrogen and oxygen atoms in total. The van der Waals surface area contributed by atoms with Crippen LogP contribution in [0.3, 0.4) is 0 Å². The van der Waals surface area contributed by atoms with Gasteiger partial charge in [0.2, 0.25) is 0 Å². The van der Waals surface area contributed by atoms with Gasteiger partial charge in [0.15, 0.2) is 11.5 Å². The van der Waals surface area contributed by atoms with Crippen molar-refractivity contribution < 1.29 is 0 Å². The molecule has 0 aliphatic carbocycles. The number of hydrogen-bond acceptors (Lipinski definition) is 3. The van der Waals surface area contributed by atoms with Gasteiger partial charge in [-0.25, -0.2) is 9.67 Å². The summed E-state index contributed by atoms with van der Waals surface area (Å²) in [6, 6.07) is 19.9. The van der Waals surface area contributed by atoms with Crippen molar-refractivity contribution in [3.63, 3.8) is 0 Å². The number of para-hydroxylation sites is 2. The summed E-state index contributed by atoms with van der Waals surface area (Å²) >= 11 is 0. The van der Waals surface area contributed by atoms with Gasteiger partial charge < -0.3 is 5.73 Å². The van der Waals surface area contributed by atoms with E-state index in [-0.39, 0.29) is 0 Å². The molecular weight excluding hydrogens is 248 g/mol. The van der Waals surface area contributed by atoms with Gasteiger partial charge in [0.05, 0.1) is 16.6 Å². The normalized spacial score (nSPS) is 11.2. The molecule has 0 aliphatic rings. The first kappa shape index (κ1) is 11.0. The first-order valence-electron chi connectivity index (χ1n) is 6.42. The van der Waals surface area contributed by atoms with Crippen molar-refractivity contribution in [1.82, 2.24) is 14.8 Å². The van der Waals surface area contributed by atoms with Crippen molar-refractivity contribution in [1.29, 1.82) is 0 Å². The molecule has 0 unspecified atom stereocenters. The lowest BCUT2D eigenvalue weighted by Crippen LogP contribution is -1.98. The van der Waals surface area contributed by atoms with Gasteiger partial charge in [-0.05, 0) is 24.3 Å². The highest BCUT2D eigenvalue weighted by Crippen LogP contribution is 2.25. The Morgan fingerprint density at radius 2 is 1.65 bits per heavy atom. The first-order chi connectivity index (χ1) is 9.83. The number of benzene rings is 2. The third kappa shape index (κ3) is 1.55. The van der Waals surface area contributed by atoms with Gasteiger partial charge in [0.1, 0.15) is 0 Å². The number of pyridine rings is 1. The predicted molar refractivity (Wildman–Crippen MR) is 80.8 cm³/mol. The third-order valence-electron chi connectivity index (χ3n) is 3.39. The molecule has 20 heavy (non-hydrogen) atoms. The molecule has 0 saturated heterocycles. The van der Waals surface area contributed by atoms with Crippen molar-refractivity contribution in [3.8, 4) is 5.69 Å². The number of rotatable bonds is 1. The topological polar surface area (TPSA) is 56.7 Å². The molecule has 4 aromatic rings. The number of nitrogens with two attached hydrogens (primary N) is 1. The second-order valence-corrected chi connectivity index (χ2v) is 4.68. The van der Waals surface area contributed by atoms with Crippen molar-refractivity contribution in [2.45, 2.75) is 0 Å². The number of nitrogen functional groups attached to an aromatic ring is 1. The number of anilines is 1.